The number of anilines is 1. The van der Waals surface area contributed by atoms with Crippen molar-refractivity contribution in [3.63, 3.8) is 0 Å². The molecule has 0 spiro atoms. The molecule has 9 rings (SSSR count). The number of ketones is 1. The molecule has 0 bridgehead atoms. The summed E-state index contributed by atoms with van der Waals surface area (Å²) in [5.41, 5.74) is 10.9. The molecule has 11 heteroatoms. The Labute approximate surface area is 405 Å². The highest BCUT2D eigenvalue weighted by molar-refractivity contribution is 5.93. The quantitative estimate of drug-likeness (QED) is 0.0892. The van der Waals surface area contributed by atoms with Gasteiger partial charge in [-0.15, -0.1) is 5.92 Å². The normalized spacial score (nSPS) is 40.9. The van der Waals surface area contributed by atoms with E-state index in [4.69, 9.17) is 15.2 Å². The number of nitrogens with zero attached hydrogens (tertiary/aromatic N) is 1. The number of likely N-dealkylation sites (N-methyl/N-ethyl adjacent to an activating group) is 1. The van der Waals surface area contributed by atoms with E-state index in [1.165, 1.54) is 22.3 Å². The number of aliphatic hydroxyl groups is 2. The molecule has 0 unspecified atom stereocenters. The Morgan fingerprint density at radius 1 is 0.912 bits per heavy atom. The highest BCUT2D eigenvalue weighted by atomic mass is 16.5. The number of fused-ring (bicyclic) bond motifs is 9. The Bertz CT molecular complexity index is 2210. The molecule has 6 N–H and O–H groups in total. The molecule has 0 radical (unpaired) electrons. The molecule has 1 aromatic carbocycles. The van der Waals surface area contributed by atoms with Gasteiger partial charge in [0.05, 0.1) is 31.5 Å². The van der Waals surface area contributed by atoms with E-state index in [1.54, 1.807) is 0 Å². The second kappa shape index (κ2) is 18.9. The average molecular weight is 937 g/mol. The van der Waals surface area contributed by atoms with Crippen LogP contribution < -0.4 is 10.6 Å². The van der Waals surface area contributed by atoms with Crippen LogP contribution in [0.3, 0.4) is 0 Å². The van der Waals surface area contributed by atoms with Crippen LogP contribution in [0.15, 0.2) is 47.1 Å². The van der Waals surface area contributed by atoms with Crippen LogP contribution in [0.1, 0.15) is 142 Å². The largest absolute Gasteiger partial charge is 0.481 e. The lowest BCUT2D eigenvalue weighted by Gasteiger charge is -2.64. The van der Waals surface area contributed by atoms with Gasteiger partial charge in [-0.1, -0.05) is 51.3 Å². The zero-order valence-corrected chi connectivity index (χ0v) is 41.7. The maximum atomic E-state index is 12.6. The molecule has 8 aliphatic rings. The van der Waals surface area contributed by atoms with Crippen molar-refractivity contribution in [3.05, 3.63) is 52.6 Å². The van der Waals surface area contributed by atoms with Gasteiger partial charge in [-0.2, -0.15) is 0 Å². The zero-order chi connectivity index (χ0) is 48.5. The Kier molecular flexibility index (Phi) is 13.7. The van der Waals surface area contributed by atoms with E-state index in [0.717, 1.165) is 82.9 Å². The topological polar surface area (TPSA) is 180 Å². The minimum absolute atomic E-state index is 0.00443. The van der Waals surface area contributed by atoms with Gasteiger partial charge in [0, 0.05) is 43.6 Å². The molecule has 8 aliphatic carbocycles. The molecule has 0 amide bonds. The van der Waals surface area contributed by atoms with Gasteiger partial charge in [0.2, 0.25) is 0 Å². The maximum Gasteiger partial charge on any atom is 0.317 e. The Morgan fingerprint density at radius 3 is 2.37 bits per heavy atom. The van der Waals surface area contributed by atoms with E-state index in [9.17, 15) is 34.8 Å². The fraction of sp³-hybridized carbons (Fsp3) is 0.737. The molecule has 372 valence electrons. The summed E-state index contributed by atoms with van der Waals surface area (Å²) in [5, 5.41) is 43.8. The summed E-state index contributed by atoms with van der Waals surface area (Å²) in [7, 11) is 2.14. The zero-order valence-electron chi connectivity index (χ0n) is 41.7. The Hall–Kier alpha value is -3.53. The summed E-state index contributed by atoms with van der Waals surface area (Å²) in [4.78, 5) is 38.6. The van der Waals surface area contributed by atoms with Crippen molar-refractivity contribution in [1.29, 1.82) is 0 Å². The second-order valence-corrected chi connectivity index (χ2v) is 23.7. The van der Waals surface area contributed by atoms with Crippen LogP contribution in [-0.2, 0) is 23.9 Å². The standard InChI is InChI=1S/C57H80N2O9/c1-7-20-57(66)22-19-45-41-14-10-35-28-38(60)13-15-40(35)50(41)43(32-55(45,57)4)34-8-11-37(12-9-34)59(6)24-26-67-39-18-21-54(3)36(29-39)30-48(68-25-23-58)51-46-17-16-44(56(46,5)49(61)31-47(51)54)33(2)27-42(52(62)63)53(64)65/h8-9,11-12,28,33,36,39,41-49,51,61,66H,10,13-19,21-27,29-32,58H2,1-6H3,(H,62,63)(H,64,65)/t33-,36+,39+,41+,43-,44-,45+,46+,47+,48-,49+,51+,54+,55+,56-,57+/m1/s1. The summed E-state index contributed by atoms with van der Waals surface area (Å²) in [5.74, 6) is 4.42. The summed E-state index contributed by atoms with van der Waals surface area (Å²) < 4.78 is 13.5. The van der Waals surface area contributed by atoms with Crippen molar-refractivity contribution in [2.24, 2.45) is 75.2 Å². The van der Waals surface area contributed by atoms with E-state index in [-0.39, 0.29) is 70.7 Å². The third-order valence-electron chi connectivity index (χ3n) is 20.9. The smallest absolute Gasteiger partial charge is 0.317 e. The fourth-order valence-electron chi connectivity index (χ4n) is 17.3. The van der Waals surface area contributed by atoms with E-state index in [0.29, 0.717) is 56.8 Å². The van der Waals surface area contributed by atoms with Crippen LogP contribution in [0, 0.1) is 81.3 Å². The monoisotopic (exact) mass is 937 g/mol. The predicted octanol–water partition coefficient (Wildman–Crippen LogP) is 8.56. The summed E-state index contributed by atoms with van der Waals surface area (Å²) in [6, 6.07) is 9.08. The molecule has 6 saturated carbocycles. The third kappa shape index (κ3) is 8.22. The van der Waals surface area contributed by atoms with E-state index in [2.05, 4.69) is 68.8 Å². The number of aliphatic hydroxyl groups excluding tert-OH is 1. The van der Waals surface area contributed by atoms with Gasteiger partial charge >= 0.3 is 11.9 Å². The second-order valence-electron chi connectivity index (χ2n) is 23.7. The summed E-state index contributed by atoms with van der Waals surface area (Å²) >= 11 is 0. The number of carboxylic acids is 2. The molecule has 68 heavy (non-hydrogen) atoms. The van der Waals surface area contributed by atoms with Crippen LogP contribution in [0.5, 0.6) is 0 Å². The molecule has 11 nitrogen and oxygen atoms in total. The number of ether oxygens (including phenoxy) is 2. The number of hydrogen-bond acceptors (Lipinski definition) is 9. The number of carboxylic acid groups (broad SMARTS) is 2. The van der Waals surface area contributed by atoms with Gasteiger partial charge in [-0.25, -0.2) is 0 Å². The van der Waals surface area contributed by atoms with E-state index >= 15 is 0 Å². The van der Waals surface area contributed by atoms with Crippen molar-refractivity contribution < 1.29 is 44.3 Å². The molecule has 0 aliphatic heterocycles. The van der Waals surface area contributed by atoms with Gasteiger partial charge in [0.25, 0.3) is 0 Å². The lowest BCUT2D eigenvalue weighted by molar-refractivity contribution is -0.218. The number of rotatable bonds is 14. The highest BCUT2D eigenvalue weighted by Crippen LogP contribution is 2.70. The first kappa shape index (κ1) is 49.5. The first-order valence-electron chi connectivity index (χ1n) is 26.4. The lowest BCUT2D eigenvalue weighted by Crippen LogP contribution is -2.63. The van der Waals surface area contributed by atoms with Crippen LogP contribution in [-0.4, -0.2) is 95.4 Å². The van der Waals surface area contributed by atoms with Crippen molar-refractivity contribution >= 4 is 23.4 Å². The molecular weight excluding hydrogens is 857 g/mol. The Balaban J connectivity index is 0.859. The van der Waals surface area contributed by atoms with Crippen LogP contribution in [0.2, 0.25) is 0 Å². The molecule has 0 saturated heterocycles. The van der Waals surface area contributed by atoms with Crippen LogP contribution >= 0.6 is 0 Å². The lowest BCUT2D eigenvalue weighted by atomic mass is 9.43. The third-order valence-corrected chi connectivity index (χ3v) is 20.9. The number of carbonyl (C=O) groups is 3. The molecule has 6 fully saturated rings. The van der Waals surface area contributed by atoms with Crippen molar-refractivity contribution in [3.8, 4) is 11.8 Å². The molecule has 1 aromatic rings. The molecule has 16 atom stereocenters. The number of aliphatic carboxylic acids is 2. The number of nitrogens with two attached hydrogens (primary N) is 1. The van der Waals surface area contributed by atoms with Gasteiger partial charge < -0.3 is 40.5 Å². The molecule has 0 heterocycles. The number of benzene rings is 1. The van der Waals surface area contributed by atoms with Crippen LogP contribution in [0.25, 0.3) is 0 Å². The number of allylic oxidation sites excluding steroid dienone is 4. The number of hydrogen-bond donors (Lipinski definition) is 5. The minimum Gasteiger partial charge on any atom is -0.481 e. The van der Waals surface area contributed by atoms with E-state index in [1.807, 2.05) is 19.9 Å². The van der Waals surface area contributed by atoms with Crippen molar-refractivity contribution in [2.45, 2.75) is 161 Å². The van der Waals surface area contributed by atoms with Crippen LogP contribution in [0.4, 0.5) is 5.69 Å². The van der Waals surface area contributed by atoms with Gasteiger partial charge in [-0.3, -0.25) is 14.4 Å². The fourth-order valence-corrected chi connectivity index (χ4v) is 17.3. The van der Waals surface area contributed by atoms with Crippen molar-refractivity contribution in [1.82, 2.24) is 0 Å². The Morgan fingerprint density at radius 2 is 1.66 bits per heavy atom. The van der Waals surface area contributed by atoms with Gasteiger partial charge in [0.15, 0.2) is 11.7 Å². The first-order chi connectivity index (χ1) is 32.4. The van der Waals surface area contributed by atoms with E-state index < -0.39 is 35.0 Å². The summed E-state index contributed by atoms with van der Waals surface area (Å²) in [6.45, 7) is 13.0. The van der Waals surface area contributed by atoms with Gasteiger partial charge in [-0.05, 0) is 190 Å². The number of carbonyl (C=O) groups excluding carboxylic acids is 1. The minimum atomic E-state index is -1.45. The summed E-state index contributed by atoms with van der Waals surface area (Å²) in [6.07, 6.45) is 13.8. The highest BCUT2D eigenvalue weighted by Gasteiger charge is 2.67. The van der Waals surface area contributed by atoms with Crippen molar-refractivity contribution in [2.75, 3.05) is 38.3 Å². The van der Waals surface area contributed by atoms with Gasteiger partial charge in [0.1, 0.15) is 5.60 Å². The molecular formula is C57H80N2O9. The molecule has 0 aromatic heterocycles. The average Bonchev–Trinajstić information content (AvgIpc) is 3.80. The SMILES string of the molecule is CC#C[C@]1(O)CC[C@H]2[C@@H]3CCC4=CC(=O)CCC4=C3[C@@H](c3ccc(N(C)CCO[C@H]4CC[C@@]5(C)[C@@H](C4)C[C@@H](OCCN)[C@@H]4[C@@H]5C[C@H](O)[C@]5(C)[C@@H]([C@H](C)CC(C(=O)O)C(=O)O)CC[C@@H]45)cc3)C[C@@]21C. The maximum absolute atomic E-state index is 12.6. The predicted molar refractivity (Wildman–Crippen MR) is 261 cm³/mol. The first-order valence-corrected chi connectivity index (χ1v) is 26.4.